The van der Waals surface area contributed by atoms with E-state index in [1.165, 1.54) is 77.0 Å². The maximum Gasteiger partial charge on any atom is 0.472 e. The fourth-order valence-electron chi connectivity index (χ4n) is 4.99. The maximum absolute atomic E-state index is 12.6. The van der Waals surface area contributed by atoms with Crippen molar-refractivity contribution in [3.63, 3.8) is 0 Å². The monoisotopic (exact) mass is 689 g/mol. The van der Waals surface area contributed by atoms with Gasteiger partial charge in [0.1, 0.15) is 19.3 Å². The van der Waals surface area contributed by atoms with Crippen molar-refractivity contribution in [2.45, 2.75) is 161 Å². The molecule has 0 heterocycles. The molecule has 0 aromatic heterocycles. The number of ether oxygens (including phenoxy) is 2. The molecule has 1 N–H and O–H groups in total. The molecule has 278 valence electrons. The Morgan fingerprint density at radius 3 is 1.74 bits per heavy atom. The van der Waals surface area contributed by atoms with Crippen molar-refractivity contribution in [3.05, 3.63) is 24.3 Å². The molecule has 0 aliphatic heterocycles. The van der Waals surface area contributed by atoms with Gasteiger partial charge in [0.05, 0.1) is 34.4 Å². The van der Waals surface area contributed by atoms with Crippen LogP contribution in [0.15, 0.2) is 24.3 Å². The molecule has 2 unspecified atom stereocenters. The van der Waals surface area contributed by atoms with Crippen LogP contribution in [0.1, 0.15) is 155 Å². The van der Waals surface area contributed by atoms with Gasteiger partial charge in [0, 0.05) is 13.0 Å². The quantitative estimate of drug-likeness (QED) is 0.0233. The zero-order valence-electron chi connectivity index (χ0n) is 31.3. The van der Waals surface area contributed by atoms with Crippen LogP contribution in [0.5, 0.6) is 0 Å². The molecule has 9 heteroatoms. The van der Waals surface area contributed by atoms with Gasteiger partial charge in [0.2, 0.25) is 0 Å². The molecule has 0 radical (unpaired) electrons. The predicted molar refractivity (Wildman–Crippen MR) is 197 cm³/mol. The molecule has 0 aromatic carbocycles. The summed E-state index contributed by atoms with van der Waals surface area (Å²) in [7, 11) is 1.66. The Labute approximate surface area is 290 Å². The molecular formula is C38H75NO7P+. The summed E-state index contributed by atoms with van der Waals surface area (Å²) >= 11 is 0. The third-order valence-corrected chi connectivity index (χ3v) is 9.00. The third kappa shape index (κ3) is 36.1. The molecule has 0 spiro atoms. The number of esters is 1. The van der Waals surface area contributed by atoms with Gasteiger partial charge in [-0.05, 0) is 44.9 Å². The highest BCUT2D eigenvalue weighted by atomic mass is 31.2. The van der Waals surface area contributed by atoms with Crippen LogP contribution in [0.25, 0.3) is 0 Å². The van der Waals surface area contributed by atoms with E-state index < -0.39 is 13.9 Å². The SMILES string of the molecule is CCCCCC/C=C\C/C=C\CCCCCCCC(=O)OC(COCCCCCCCCCCC)COP(=O)(O)OCC[N+](C)(C)C. The highest BCUT2D eigenvalue weighted by Crippen LogP contribution is 2.43. The van der Waals surface area contributed by atoms with E-state index in [-0.39, 0.29) is 25.8 Å². The molecule has 0 amide bonds. The molecule has 0 aliphatic carbocycles. The number of phosphoric acid groups is 1. The van der Waals surface area contributed by atoms with Crippen LogP contribution in [0, 0.1) is 0 Å². The number of quaternary nitrogens is 1. The van der Waals surface area contributed by atoms with Crippen molar-refractivity contribution in [1.29, 1.82) is 0 Å². The van der Waals surface area contributed by atoms with Crippen molar-refractivity contribution >= 4 is 13.8 Å². The number of nitrogens with zero attached hydrogens (tertiary/aromatic N) is 1. The molecule has 0 aromatic rings. The van der Waals surface area contributed by atoms with Crippen molar-refractivity contribution in [2.24, 2.45) is 0 Å². The first-order valence-corrected chi connectivity index (χ1v) is 20.6. The third-order valence-electron chi connectivity index (χ3n) is 8.02. The van der Waals surface area contributed by atoms with Crippen molar-refractivity contribution in [3.8, 4) is 0 Å². The van der Waals surface area contributed by atoms with Gasteiger partial charge in [-0.3, -0.25) is 13.8 Å². The predicted octanol–water partition coefficient (Wildman–Crippen LogP) is 10.5. The van der Waals surface area contributed by atoms with Gasteiger partial charge in [-0.1, -0.05) is 128 Å². The van der Waals surface area contributed by atoms with E-state index in [2.05, 4.69) is 38.2 Å². The van der Waals surface area contributed by atoms with Gasteiger partial charge >= 0.3 is 13.8 Å². The average Bonchev–Trinajstić information content (AvgIpc) is 3.01. The maximum atomic E-state index is 12.6. The van der Waals surface area contributed by atoms with E-state index in [0.717, 1.165) is 57.8 Å². The van der Waals surface area contributed by atoms with Gasteiger partial charge in [-0.2, -0.15) is 0 Å². The van der Waals surface area contributed by atoms with Gasteiger partial charge in [0.15, 0.2) is 0 Å². The highest BCUT2D eigenvalue weighted by Gasteiger charge is 2.26. The topological polar surface area (TPSA) is 91.3 Å². The molecule has 0 saturated heterocycles. The minimum atomic E-state index is -4.26. The largest absolute Gasteiger partial charge is 0.472 e. The first kappa shape index (κ1) is 46.0. The number of rotatable bonds is 35. The van der Waals surface area contributed by atoms with Crippen LogP contribution in [0.2, 0.25) is 0 Å². The Bertz CT molecular complexity index is 812. The lowest BCUT2D eigenvalue weighted by Gasteiger charge is -2.24. The lowest BCUT2D eigenvalue weighted by atomic mass is 10.1. The molecule has 0 saturated carbocycles. The van der Waals surface area contributed by atoms with Crippen LogP contribution in [0.3, 0.4) is 0 Å². The van der Waals surface area contributed by atoms with E-state index >= 15 is 0 Å². The summed E-state index contributed by atoms with van der Waals surface area (Å²) in [6.07, 6.45) is 33.4. The fraction of sp³-hybridized carbons (Fsp3) is 0.868. The van der Waals surface area contributed by atoms with E-state index in [0.29, 0.717) is 24.1 Å². The van der Waals surface area contributed by atoms with E-state index in [1.54, 1.807) is 0 Å². The zero-order chi connectivity index (χ0) is 34.9. The molecule has 0 rings (SSSR count). The minimum absolute atomic E-state index is 0.0870. The number of allylic oxidation sites excluding steroid dienone is 4. The number of likely N-dealkylation sites (N-methyl/N-ethyl adjacent to an activating group) is 1. The molecule has 0 fully saturated rings. The van der Waals surface area contributed by atoms with Gasteiger partial charge < -0.3 is 18.9 Å². The van der Waals surface area contributed by atoms with Crippen molar-refractivity contribution in [1.82, 2.24) is 0 Å². The Balaban J connectivity index is 4.30. The number of carbonyl (C=O) groups is 1. The smallest absolute Gasteiger partial charge is 0.457 e. The molecule has 8 nitrogen and oxygen atoms in total. The van der Waals surface area contributed by atoms with Crippen LogP contribution < -0.4 is 0 Å². The number of hydrogen-bond acceptors (Lipinski definition) is 6. The van der Waals surface area contributed by atoms with E-state index in [1.807, 2.05) is 21.1 Å². The number of unbranched alkanes of at least 4 members (excludes halogenated alkanes) is 17. The van der Waals surface area contributed by atoms with Gasteiger partial charge in [0.25, 0.3) is 0 Å². The Morgan fingerprint density at radius 2 is 1.17 bits per heavy atom. The second kappa shape index (κ2) is 32.2. The molecule has 0 bridgehead atoms. The van der Waals surface area contributed by atoms with Crippen LogP contribution in [-0.2, 0) is 27.9 Å². The van der Waals surface area contributed by atoms with Crippen LogP contribution in [-0.4, -0.2) is 75.6 Å². The first-order valence-electron chi connectivity index (χ1n) is 19.1. The van der Waals surface area contributed by atoms with Crippen molar-refractivity contribution < 1.29 is 37.3 Å². The summed E-state index contributed by atoms with van der Waals surface area (Å²) in [6, 6.07) is 0. The minimum Gasteiger partial charge on any atom is -0.457 e. The summed E-state index contributed by atoms with van der Waals surface area (Å²) in [6.45, 7) is 5.57. The lowest BCUT2D eigenvalue weighted by Crippen LogP contribution is -2.37. The molecule has 0 aliphatic rings. The Morgan fingerprint density at radius 1 is 0.660 bits per heavy atom. The summed E-state index contributed by atoms with van der Waals surface area (Å²) in [4.78, 5) is 22.7. The zero-order valence-corrected chi connectivity index (χ0v) is 32.2. The van der Waals surface area contributed by atoms with Gasteiger partial charge in [-0.15, -0.1) is 0 Å². The summed E-state index contributed by atoms with van der Waals surface area (Å²) in [5.74, 6) is -0.328. The van der Waals surface area contributed by atoms with Crippen molar-refractivity contribution in [2.75, 3.05) is 54.1 Å². The molecule has 2 atom stereocenters. The molecule has 47 heavy (non-hydrogen) atoms. The fourth-order valence-corrected chi connectivity index (χ4v) is 5.73. The van der Waals surface area contributed by atoms with E-state index in [4.69, 9.17) is 18.5 Å². The Kier molecular flexibility index (Phi) is 31.5. The van der Waals surface area contributed by atoms with Crippen LogP contribution in [0.4, 0.5) is 0 Å². The summed E-state index contributed by atoms with van der Waals surface area (Å²) < 4.78 is 34.8. The van der Waals surface area contributed by atoms with E-state index in [9.17, 15) is 14.3 Å². The first-order chi connectivity index (χ1) is 22.6. The second-order valence-corrected chi connectivity index (χ2v) is 15.4. The molecular weight excluding hydrogens is 613 g/mol. The standard InChI is InChI=1S/C38H74NO7P/c1-6-8-10-12-14-16-17-18-19-20-21-22-23-25-27-29-31-38(40)46-37(36-45-47(41,42)44-34-32-39(3,4)5)35-43-33-30-28-26-24-15-13-11-9-7-2/h16-17,19-20,37H,6-15,18,21-36H2,1-5H3/p+1/b17-16-,20-19-. The number of carbonyl (C=O) groups excluding carboxylic acids is 1. The second-order valence-electron chi connectivity index (χ2n) is 14.0. The number of hydrogen-bond donors (Lipinski definition) is 1. The van der Waals surface area contributed by atoms with Gasteiger partial charge in [-0.25, -0.2) is 4.57 Å². The average molecular weight is 689 g/mol. The highest BCUT2D eigenvalue weighted by molar-refractivity contribution is 7.47. The number of phosphoric ester groups is 1. The van der Waals surface area contributed by atoms with Crippen LogP contribution >= 0.6 is 7.82 Å². The Hall–Kier alpha value is -1.02. The summed E-state index contributed by atoms with van der Waals surface area (Å²) in [5.41, 5.74) is 0. The lowest BCUT2D eigenvalue weighted by molar-refractivity contribution is -0.870. The normalized spacial score (nSPS) is 14.3. The summed E-state index contributed by atoms with van der Waals surface area (Å²) in [5, 5.41) is 0.